The van der Waals surface area contributed by atoms with Crippen molar-refractivity contribution in [2.24, 2.45) is 0 Å². The summed E-state index contributed by atoms with van der Waals surface area (Å²) in [5.41, 5.74) is 2.15. The second-order valence-electron chi connectivity index (χ2n) is 7.03. The average Bonchev–Trinajstić information content (AvgIpc) is 3.24. The molecule has 0 radical (unpaired) electrons. The number of nitrogens with zero attached hydrogens (tertiary/aromatic N) is 1. The minimum atomic E-state index is -0.375. The van der Waals surface area contributed by atoms with Crippen molar-refractivity contribution < 1.29 is 19.0 Å². The third-order valence-corrected chi connectivity index (χ3v) is 6.26. The predicted molar refractivity (Wildman–Crippen MR) is 104 cm³/mol. The number of hydrogen-bond donors (Lipinski definition) is 0. The summed E-state index contributed by atoms with van der Waals surface area (Å²) in [4.78, 5) is 16.5. The van der Waals surface area contributed by atoms with Crippen molar-refractivity contribution in [3.63, 3.8) is 0 Å². The first kappa shape index (κ1) is 19.4. The van der Waals surface area contributed by atoms with Crippen LogP contribution in [-0.2, 0) is 14.2 Å². The highest BCUT2D eigenvalue weighted by Crippen LogP contribution is 2.42. The molecular formula is C20H29NO4S. The molecule has 2 heterocycles. The molecule has 1 saturated carbocycles. The van der Waals surface area contributed by atoms with E-state index in [0.717, 1.165) is 42.7 Å². The van der Waals surface area contributed by atoms with Crippen LogP contribution >= 0.6 is 11.3 Å². The highest BCUT2D eigenvalue weighted by molar-refractivity contribution is 7.14. The van der Waals surface area contributed by atoms with Crippen molar-refractivity contribution in [1.29, 1.82) is 0 Å². The maximum Gasteiger partial charge on any atom is 0.350 e. The molecule has 1 aromatic rings. The summed E-state index contributed by atoms with van der Waals surface area (Å²) in [7, 11) is 1.44. The Kier molecular flexibility index (Phi) is 6.05. The van der Waals surface area contributed by atoms with Crippen LogP contribution in [0.5, 0.6) is 0 Å². The van der Waals surface area contributed by atoms with Gasteiger partial charge in [0.15, 0.2) is 5.79 Å². The van der Waals surface area contributed by atoms with Crippen LogP contribution in [0.2, 0.25) is 0 Å². The molecule has 1 aliphatic heterocycles. The lowest BCUT2D eigenvalue weighted by Crippen LogP contribution is -2.44. The second kappa shape index (κ2) is 8.11. The molecule has 1 saturated heterocycles. The van der Waals surface area contributed by atoms with Crippen molar-refractivity contribution in [2.75, 3.05) is 25.2 Å². The molecule has 3 rings (SSSR count). The summed E-state index contributed by atoms with van der Waals surface area (Å²) in [6.45, 7) is 7.69. The number of methoxy groups -OCH3 is 1. The van der Waals surface area contributed by atoms with E-state index in [4.69, 9.17) is 14.2 Å². The largest absolute Gasteiger partial charge is 0.465 e. The maximum atomic E-state index is 12.3. The lowest BCUT2D eigenvalue weighted by atomic mass is 9.88. The quantitative estimate of drug-likeness (QED) is 0.697. The van der Waals surface area contributed by atoms with Gasteiger partial charge in [-0.1, -0.05) is 13.0 Å². The smallest absolute Gasteiger partial charge is 0.350 e. The Balaban J connectivity index is 1.90. The van der Waals surface area contributed by atoms with Crippen molar-refractivity contribution in [2.45, 2.75) is 64.7 Å². The predicted octanol–water partition coefficient (Wildman–Crippen LogP) is 4.65. The molecule has 0 aromatic carbocycles. The number of carbonyl (C=O) groups is 1. The zero-order valence-electron chi connectivity index (χ0n) is 16.2. The molecule has 5 nitrogen and oxygen atoms in total. The van der Waals surface area contributed by atoms with Gasteiger partial charge in [-0.05, 0) is 39.2 Å². The van der Waals surface area contributed by atoms with Gasteiger partial charge >= 0.3 is 5.97 Å². The van der Waals surface area contributed by atoms with Gasteiger partial charge in [0.1, 0.15) is 4.88 Å². The van der Waals surface area contributed by atoms with Crippen LogP contribution in [0, 0.1) is 6.92 Å². The van der Waals surface area contributed by atoms with Crippen molar-refractivity contribution in [1.82, 2.24) is 0 Å². The van der Waals surface area contributed by atoms with Gasteiger partial charge in [-0.15, -0.1) is 11.3 Å². The SMILES string of the molecule is CC/C=C(/C)N(c1cc(C)sc1C(=O)OC)C1CCC2(CC1)OCCO2. The number of thiophene rings is 1. The minimum Gasteiger partial charge on any atom is -0.465 e. The minimum absolute atomic E-state index is 0.262. The first-order valence-electron chi connectivity index (χ1n) is 9.42. The van der Waals surface area contributed by atoms with E-state index >= 15 is 0 Å². The molecule has 1 spiro atoms. The summed E-state index contributed by atoms with van der Waals surface area (Å²) in [6, 6.07) is 2.44. The maximum absolute atomic E-state index is 12.3. The van der Waals surface area contributed by atoms with E-state index in [9.17, 15) is 4.79 Å². The first-order valence-corrected chi connectivity index (χ1v) is 10.2. The lowest BCUT2D eigenvalue weighted by molar-refractivity contribution is -0.178. The van der Waals surface area contributed by atoms with Crippen LogP contribution < -0.4 is 4.90 Å². The van der Waals surface area contributed by atoms with Crippen LogP contribution in [0.4, 0.5) is 5.69 Å². The van der Waals surface area contributed by atoms with E-state index in [0.29, 0.717) is 24.1 Å². The topological polar surface area (TPSA) is 48.0 Å². The molecule has 0 amide bonds. The van der Waals surface area contributed by atoms with Gasteiger partial charge in [0.05, 0.1) is 26.0 Å². The van der Waals surface area contributed by atoms with Crippen LogP contribution in [0.25, 0.3) is 0 Å². The van der Waals surface area contributed by atoms with Gasteiger partial charge in [-0.3, -0.25) is 0 Å². The standard InChI is InChI=1S/C20H29NO4S/c1-5-6-14(2)21(17-13-15(3)26-18(17)19(22)23-4)16-7-9-20(10-8-16)24-11-12-25-20/h6,13,16H,5,7-12H2,1-4H3/b14-6-. The monoisotopic (exact) mass is 379 g/mol. The van der Waals surface area contributed by atoms with Crippen molar-refractivity contribution >= 4 is 23.0 Å². The fourth-order valence-electron chi connectivity index (χ4n) is 4.07. The Morgan fingerprint density at radius 1 is 1.38 bits per heavy atom. The summed E-state index contributed by atoms with van der Waals surface area (Å²) in [5.74, 6) is -0.637. The molecule has 1 aromatic heterocycles. The number of ether oxygens (including phenoxy) is 3. The molecule has 0 unspecified atom stereocenters. The van der Waals surface area contributed by atoms with Crippen LogP contribution in [0.15, 0.2) is 17.8 Å². The molecule has 1 aliphatic carbocycles. The Labute approximate surface area is 159 Å². The molecule has 2 aliphatic rings. The second-order valence-corrected chi connectivity index (χ2v) is 8.28. The zero-order valence-corrected chi connectivity index (χ0v) is 17.0. The number of aryl methyl sites for hydroxylation is 1. The molecule has 0 N–H and O–H groups in total. The van der Waals surface area contributed by atoms with Crippen LogP contribution in [0.1, 0.15) is 60.5 Å². The average molecular weight is 380 g/mol. The van der Waals surface area contributed by atoms with Crippen molar-refractivity contribution in [3.05, 3.63) is 27.6 Å². The van der Waals surface area contributed by atoms with Gasteiger partial charge in [-0.25, -0.2) is 4.79 Å². The highest BCUT2D eigenvalue weighted by Gasteiger charge is 2.42. The van der Waals surface area contributed by atoms with E-state index in [1.165, 1.54) is 24.1 Å². The molecule has 0 atom stereocenters. The summed E-state index contributed by atoms with van der Waals surface area (Å²) in [6.07, 6.45) is 6.92. The molecule has 2 fully saturated rings. The Morgan fingerprint density at radius 2 is 2.04 bits per heavy atom. The summed E-state index contributed by atoms with van der Waals surface area (Å²) in [5, 5.41) is 0. The van der Waals surface area contributed by atoms with Crippen LogP contribution in [-0.4, -0.2) is 38.1 Å². The van der Waals surface area contributed by atoms with E-state index in [1.807, 2.05) is 6.92 Å². The molecule has 6 heteroatoms. The van der Waals surface area contributed by atoms with Gasteiger partial charge < -0.3 is 19.1 Å². The van der Waals surface area contributed by atoms with E-state index in [2.05, 4.69) is 30.9 Å². The number of anilines is 1. The molecule has 144 valence electrons. The number of esters is 1. The van der Waals surface area contributed by atoms with E-state index < -0.39 is 0 Å². The fourth-order valence-corrected chi connectivity index (χ4v) is 4.99. The van der Waals surface area contributed by atoms with Gasteiger partial charge in [0.25, 0.3) is 0 Å². The van der Waals surface area contributed by atoms with Gasteiger partial charge in [0.2, 0.25) is 0 Å². The Bertz CT molecular complexity index is 665. The van der Waals surface area contributed by atoms with E-state index in [1.54, 1.807) is 0 Å². The summed E-state index contributed by atoms with van der Waals surface area (Å²) < 4.78 is 16.8. The lowest BCUT2D eigenvalue weighted by Gasteiger charge is -2.41. The zero-order chi connectivity index (χ0) is 18.7. The van der Waals surface area contributed by atoms with Gasteiger partial charge in [-0.2, -0.15) is 0 Å². The van der Waals surface area contributed by atoms with Crippen LogP contribution in [0.3, 0.4) is 0 Å². The molecule has 0 bridgehead atoms. The fraction of sp³-hybridized carbons (Fsp3) is 0.650. The Hall–Kier alpha value is -1.37. The molecular weight excluding hydrogens is 350 g/mol. The normalized spacial score (nSPS) is 20.5. The molecule has 26 heavy (non-hydrogen) atoms. The van der Waals surface area contributed by atoms with Crippen molar-refractivity contribution in [3.8, 4) is 0 Å². The number of rotatable bonds is 5. The summed E-state index contributed by atoms with van der Waals surface area (Å²) >= 11 is 1.50. The van der Waals surface area contributed by atoms with E-state index in [-0.39, 0.29) is 11.8 Å². The Morgan fingerprint density at radius 3 is 2.62 bits per heavy atom. The number of allylic oxidation sites excluding steroid dienone is 2. The highest BCUT2D eigenvalue weighted by atomic mass is 32.1. The third-order valence-electron chi connectivity index (χ3n) is 5.24. The number of carbonyl (C=O) groups excluding carboxylic acids is 1. The number of hydrogen-bond acceptors (Lipinski definition) is 6. The third kappa shape index (κ3) is 3.82. The van der Waals surface area contributed by atoms with Gasteiger partial charge in [0, 0.05) is 29.5 Å². The first-order chi connectivity index (χ1) is 12.5.